The molecule has 1 amide bonds. The molecule has 5 nitrogen and oxygen atoms in total. The maximum Gasteiger partial charge on any atom is 0.272 e. The molecule has 0 unspecified atom stereocenters. The number of benzene rings is 1. The second-order valence-corrected chi connectivity index (χ2v) is 6.15. The first-order valence-electron chi connectivity index (χ1n) is 7.47. The second kappa shape index (κ2) is 7.15. The van der Waals surface area contributed by atoms with Crippen LogP contribution < -0.4 is 5.32 Å². The zero-order valence-electron chi connectivity index (χ0n) is 12.4. The highest BCUT2D eigenvalue weighted by molar-refractivity contribution is 6.43. The fraction of sp³-hybridized carbons (Fsp3) is 0.312. The summed E-state index contributed by atoms with van der Waals surface area (Å²) < 4.78 is 0. The Morgan fingerprint density at radius 3 is 2.70 bits per heavy atom. The molecule has 1 fully saturated rings. The van der Waals surface area contributed by atoms with Crippen LogP contribution in [0.25, 0.3) is 0 Å². The average Bonchev–Trinajstić information content (AvgIpc) is 2.59. The molecule has 0 radical (unpaired) electrons. The van der Waals surface area contributed by atoms with Crippen molar-refractivity contribution in [1.82, 2.24) is 14.9 Å². The Balaban J connectivity index is 1.79. The minimum atomic E-state index is -0.0626. The largest absolute Gasteiger partial charge is 0.339 e. The number of halogens is 2. The summed E-state index contributed by atoms with van der Waals surface area (Å²) in [7, 11) is 0. The van der Waals surface area contributed by atoms with Crippen molar-refractivity contribution in [3.63, 3.8) is 0 Å². The molecule has 3 rings (SSSR count). The van der Waals surface area contributed by atoms with Crippen molar-refractivity contribution in [2.75, 3.05) is 18.4 Å². The zero-order chi connectivity index (χ0) is 16.2. The van der Waals surface area contributed by atoms with Gasteiger partial charge in [-0.15, -0.1) is 0 Å². The lowest BCUT2D eigenvalue weighted by molar-refractivity contribution is 0.0718. The molecule has 120 valence electrons. The van der Waals surface area contributed by atoms with Crippen molar-refractivity contribution < 1.29 is 4.79 Å². The quantitative estimate of drug-likeness (QED) is 0.902. The van der Waals surface area contributed by atoms with Gasteiger partial charge in [0.15, 0.2) is 0 Å². The maximum atomic E-state index is 12.5. The van der Waals surface area contributed by atoms with Gasteiger partial charge >= 0.3 is 0 Å². The van der Waals surface area contributed by atoms with Gasteiger partial charge in [-0.3, -0.25) is 4.79 Å². The van der Waals surface area contributed by atoms with Crippen molar-refractivity contribution >= 4 is 40.6 Å². The molecular formula is C16H16Cl2N4O. The van der Waals surface area contributed by atoms with E-state index >= 15 is 0 Å². The predicted molar refractivity (Wildman–Crippen MR) is 91.5 cm³/mol. The summed E-state index contributed by atoms with van der Waals surface area (Å²) >= 11 is 12.2. The zero-order valence-corrected chi connectivity index (χ0v) is 13.9. The first-order valence-corrected chi connectivity index (χ1v) is 8.23. The number of aromatic nitrogens is 2. The van der Waals surface area contributed by atoms with E-state index < -0.39 is 0 Å². The molecule has 0 atom stereocenters. The summed E-state index contributed by atoms with van der Waals surface area (Å²) in [5.74, 6) is 0.442. The number of likely N-dealkylation sites (tertiary alicyclic amines) is 1. The molecule has 2 heterocycles. The van der Waals surface area contributed by atoms with Crippen LogP contribution in [0.15, 0.2) is 30.6 Å². The fourth-order valence-electron chi connectivity index (χ4n) is 2.54. The normalized spacial score (nSPS) is 14.6. The lowest BCUT2D eigenvalue weighted by Crippen LogP contribution is -2.36. The lowest BCUT2D eigenvalue weighted by atomic mass is 10.1. The summed E-state index contributed by atoms with van der Waals surface area (Å²) in [4.78, 5) is 22.6. The Labute approximate surface area is 144 Å². The van der Waals surface area contributed by atoms with E-state index in [4.69, 9.17) is 23.2 Å². The molecule has 0 spiro atoms. The van der Waals surface area contributed by atoms with E-state index in [1.807, 2.05) is 4.90 Å². The molecule has 23 heavy (non-hydrogen) atoms. The van der Waals surface area contributed by atoms with Gasteiger partial charge in [0, 0.05) is 19.2 Å². The topological polar surface area (TPSA) is 58.1 Å². The average molecular weight is 351 g/mol. The second-order valence-electron chi connectivity index (χ2n) is 5.37. The molecule has 7 heteroatoms. The van der Waals surface area contributed by atoms with Crippen LogP contribution in [0.2, 0.25) is 10.0 Å². The Morgan fingerprint density at radius 1 is 1.13 bits per heavy atom. The van der Waals surface area contributed by atoms with Gasteiger partial charge < -0.3 is 10.2 Å². The van der Waals surface area contributed by atoms with Crippen molar-refractivity contribution in [2.45, 2.75) is 19.3 Å². The fourth-order valence-corrected chi connectivity index (χ4v) is 2.89. The number of amides is 1. The van der Waals surface area contributed by atoms with Crippen LogP contribution in [-0.4, -0.2) is 33.9 Å². The van der Waals surface area contributed by atoms with Gasteiger partial charge in [0.2, 0.25) is 0 Å². The number of rotatable bonds is 3. The van der Waals surface area contributed by atoms with Crippen LogP contribution in [0.5, 0.6) is 0 Å². The smallest absolute Gasteiger partial charge is 0.272 e. The van der Waals surface area contributed by atoms with Gasteiger partial charge in [0.1, 0.15) is 17.8 Å². The van der Waals surface area contributed by atoms with Crippen LogP contribution in [0.4, 0.5) is 11.5 Å². The third kappa shape index (κ3) is 3.74. The van der Waals surface area contributed by atoms with Crippen LogP contribution >= 0.6 is 23.2 Å². The number of carbonyl (C=O) groups is 1. The van der Waals surface area contributed by atoms with Crippen molar-refractivity contribution in [1.29, 1.82) is 0 Å². The van der Waals surface area contributed by atoms with Crippen molar-refractivity contribution in [3.05, 3.63) is 46.3 Å². The number of hydrogen-bond donors (Lipinski definition) is 1. The van der Waals surface area contributed by atoms with Gasteiger partial charge in [-0.25, -0.2) is 9.97 Å². The van der Waals surface area contributed by atoms with Gasteiger partial charge in [0.25, 0.3) is 5.91 Å². The molecule has 2 aromatic rings. The van der Waals surface area contributed by atoms with Crippen molar-refractivity contribution in [3.8, 4) is 0 Å². The summed E-state index contributed by atoms with van der Waals surface area (Å²) in [5, 5.41) is 3.94. The standard InChI is InChI=1S/C16H16Cl2N4O/c17-11-5-4-6-12(15(11)18)21-14-9-13(19-10-20-14)16(23)22-7-2-1-3-8-22/h4-6,9-10H,1-3,7-8H2,(H,19,20,21). The Hall–Kier alpha value is -1.85. The summed E-state index contributed by atoms with van der Waals surface area (Å²) in [6, 6.07) is 6.93. The third-order valence-corrected chi connectivity index (χ3v) is 4.56. The van der Waals surface area contributed by atoms with Gasteiger partial charge in [-0.2, -0.15) is 0 Å². The van der Waals surface area contributed by atoms with Gasteiger partial charge in [-0.05, 0) is 31.4 Å². The van der Waals surface area contributed by atoms with Crippen LogP contribution in [0, 0.1) is 0 Å². The summed E-state index contributed by atoms with van der Waals surface area (Å²) in [6.07, 6.45) is 4.63. The number of nitrogens with one attached hydrogen (secondary N) is 1. The van der Waals surface area contributed by atoms with Gasteiger partial charge in [-0.1, -0.05) is 29.3 Å². The molecule has 0 saturated carbocycles. The molecule has 1 aromatic carbocycles. The number of piperidine rings is 1. The third-order valence-electron chi connectivity index (χ3n) is 3.74. The highest BCUT2D eigenvalue weighted by Crippen LogP contribution is 2.31. The van der Waals surface area contributed by atoms with Crippen LogP contribution in [0.1, 0.15) is 29.8 Å². The monoisotopic (exact) mass is 350 g/mol. The van der Waals surface area contributed by atoms with Crippen LogP contribution in [0.3, 0.4) is 0 Å². The first-order chi connectivity index (χ1) is 11.1. The Kier molecular flexibility index (Phi) is 4.98. The maximum absolute atomic E-state index is 12.5. The molecule has 0 bridgehead atoms. The molecule has 1 aliphatic rings. The molecule has 1 aromatic heterocycles. The molecule has 1 N–H and O–H groups in total. The van der Waals surface area contributed by atoms with E-state index in [0.29, 0.717) is 27.2 Å². The molecular weight excluding hydrogens is 335 g/mol. The van der Waals surface area contributed by atoms with Crippen LogP contribution in [-0.2, 0) is 0 Å². The lowest BCUT2D eigenvalue weighted by Gasteiger charge is -2.26. The Bertz CT molecular complexity index is 717. The minimum absolute atomic E-state index is 0.0626. The van der Waals surface area contributed by atoms with Gasteiger partial charge in [0.05, 0.1) is 15.7 Å². The van der Waals surface area contributed by atoms with Crippen molar-refractivity contribution in [2.24, 2.45) is 0 Å². The molecule has 1 aliphatic heterocycles. The summed E-state index contributed by atoms with van der Waals surface area (Å²) in [6.45, 7) is 1.57. The molecule has 0 aliphatic carbocycles. The van der Waals surface area contributed by atoms with E-state index in [2.05, 4.69) is 15.3 Å². The Morgan fingerprint density at radius 2 is 1.91 bits per heavy atom. The van der Waals surface area contributed by atoms with E-state index in [1.54, 1.807) is 24.3 Å². The minimum Gasteiger partial charge on any atom is -0.339 e. The number of nitrogens with zero attached hydrogens (tertiary/aromatic N) is 3. The SMILES string of the molecule is O=C(c1cc(Nc2cccc(Cl)c2Cl)ncn1)N1CCCCC1. The summed E-state index contributed by atoms with van der Waals surface area (Å²) in [5.41, 5.74) is 1.01. The first kappa shape index (κ1) is 16.0. The highest BCUT2D eigenvalue weighted by Gasteiger charge is 2.19. The number of hydrogen-bond acceptors (Lipinski definition) is 4. The van der Waals surface area contributed by atoms with E-state index in [9.17, 15) is 4.79 Å². The number of anilines is 2. The highest BCUT2D eigenvalue weighted by atomic mass is 35.5. The van der Waals surface area contributed by atoms with E-state index in [1.165, 1.54) is 12.7 Å². The number of carbonyl (C=O) groups excluding carboxylic acids is 1. The van der Waals surface area contributed by atoms with E-state index in [-0.39, 0.29) is 5.91 Å². The predicted octanol–water partition coefficient (Wildman–Crippen LogP) is 4.15. The molecule has 1 saturated heterocycles. The van der Waals surface area contributed by atoms with E-state index in [0.717, 1.165) is 25.9 Å².